The maximum Gasteiger partial charge on any atom is 0.137 e. The number of halogens is 1. The van der Waals surface area contributed by atoms with Gasteiger partial charge in [0.25, 0.3) is 0 Å². The van der Waals surface area contributed by atoms with Gasteiger partial charge in [0.15, 0.2) is 0 Å². The number of rotatable bonds is 2. The Hall–Kier alpha value is -0.540. The highest BCUT2D eigenvalue weighted by molar-refractivity contribution is 7.99. The lowest BCUT2D eigenvalue weighted by molar-refractivity contribution is 0.507. The first-order valence-corrected chi connectivity index (χ1v) is 5.84. The monoisotopic (exact) mass is 211 g/mol. The zero-order chi connectivity index (χ0) is 10.1. The van der Waals surface area contributed by atoms with Gasteiger partial charge in [-0.15, -0.1) is 11.8 Å². The molecule has 0 bridgehead atoms. The van der Waals surface area contributed by atoms with E-state index in [9.17, 15) is 4.39 Å². The summed E-state index contributed by atoms with van der Waals surface area (Å²) in [4.78, 5) is 0.825. The lowest BCUT2D eigenvalue weighted by Gasteiger charge is -2.16. The molecule has 0 fully saturated rings. The van der Waals surface area contributed by atoms with Gasteiger partial charge in [0.2, 0.25) is 0 Å². The van der Waals surface area contributed by atoms with Crippen LogP contribution in [-0.4, -0.2) is 11.8 Å². The Morgan fingerprint density at radius 2 is 2.29 bits per heavy atom. The summed E-state index contributed by atoms with van der Waals surface area (Å²) in [6.07, 6.45) is 0. The Bertz CT molecular complexity index is 338. The van der Waals surface area contributed by atoms with E-state index in [0.717, 1.165) is 16.2 Å². The molecule has 1 aromatic rings. The Morgan fingerprint density at radius 1 is 1.50 bits per heavy atom. The highest BCUT2D eigenvalue weighted by atomic mass is 32.2. The van der Waals surface area contributed by atoms with Crippen LogP contribution in [0.15, 0.2) is 23.1 Å². The van der Waals surface area contributed by atoms with E-state index < -0.39 is 0 Å². The van der Waals surface area contributed by atoms with Gasteiger partial charge >= 0.3 is 0 Å². The van der Waals surface area contributed by atoms with E-state index in [1.54, 1.807) is 17.8 Å². The Labute approximate surface area is 88.1 Å². The SMILES string of the molecule is CC(C)NC1CSc2c(F)cccc21. The third-order valence-corrected chi connectivity index (χ3v) is 3.52. The maximum atomic E-state index is 13.4. The number of hydrogen-bond acceptors (Lipinski definition) is 2. The second kappa shape index (κ2) is 3.91. The van der Waals surface area contributed by atoms with Crippen molar-refractivity contribution in [1.29, 1.82) is 0 Å². The summed E-state index contributed by atoms with van der Waals surface area (Å²) in [6.45, 7) is 4.23. The lowest BCUT2D eigenvalue weighted by Crippen LogP contribution is -2.28. The van der Waals surface area contributed by atoms with Gasteiger partial charge in [-0.3, -0.25) is 0 Å². The van der Waals surface area contributed by atoms with Crippen LogP contribution >= 0.6 is 11.8 Å². The van der Waals surface area contributed by atoms with Crippen molar-refractivity contribution in [3.63, 3.8) is 0 Å². The molecule has 1 unspecified atom stereocenters. The van der Waals surface area contributed by atoms with Crippen LogP contribution in [0.2, 0.25) is 0 Å². The predicted molar refractivity (Wildman–Crippen MR) is 58.1 cm³/mol. The Kier molecular flexibility index (Phi) is 2.79. The molecule has 2 rings (SSSR count). The smallest absolute Gasteiger partial charge is 0.137 e. The van der Waals surface area contributed by atoms with Crippen LogP contribution in [0.25, 0.3) is 0 Å². The predicted octanol–water partition coefficient (Wildman–Crippen LogP) is 2.97. The number of fused-ring (bicyclic) bond motifs is 1. The largest absolute Gasteiger partial charge is 0.307 e. The minimum atomic E-state index is -0.0828. The average Bonchev–Trinajstić information content (AvgIpc) is 2.49. The van der Waals surface area contributed by atoms with E-state index in [4.69, 9.17) is 0 Å². The molecule has 1 aromatic carbocycles. The van der Waals surface area contributed by atoms with Crippen molar-refractivity contribution in [2.45, 2.75) is 30.8 Å². The summed E-state index contributed by atoms with van der Waals surface area (Å²) in [5, 5.41) is 3.44. The van der Waals surface area contributed by atoms with Crippen molar-refractivity contribution in [3.8, 4) is 0 Å². The highest BCUT2D eigenvalue weighted by Gasteiger charge is 2.25. The van der Waals surface area contributed by atoms with Gasteiger partial charge < -0.3 is 5.32 Å². The first-order valence-electron chi connectivity index (χ1n) is 4.85. The zero-order valence-corrected chi connectivity index (χ0v) is 9.20. The van der Waals surface area contributed by atoms with E-state index >= 15 is 0 Å². The second-order valence-electron chi connectivity index (χ2n) is 3.84. The first kappa shape index (κ1) is 9.99. The van der Waals surface area contributed by atoms with Crippen molar-refractivity contribution in [2.24, 2.45) is 0 Å². The number of benzene rings is 1. The van der Waals surface area contributed by atoms with Gasteiger partial charge in [0.05, 0.1) is 0 Å². The maximum absolute atomic E-state index is 13.4. The van der Waals surface area contributed by atoms with Crippen molar-refractivity contribution >= 4 is 11.8 Å². The molecular formula is C11H14FNS. The molecule has 0 aromatic heterocycles. The zero-order valence-electron chi connectivity index (χ0n) is 8.38. The molecule has 1 nitrogen and oxygen atoms in total. The van der Waals surface area contributed by atoms with E-state index in [-0.39, 0.29) is 5.82 Å². The molecule has 14 heavy (non-hydrogen) atoms. The molecule has 0 aliphatic carbocycles. The Morgan fingerprint density at radius 3 is 3.00 bits per heavy atom. The first-order chi connectivity index (χ1) is 6.68. The molecular weight excluding hydrogens is 197 g/mol. The fourth-order valence-electron chi connectivity index (χ4n) is 1.75. The summed E-state index contributed by atoms with van der Waals surface area (Å²) in [5.74, 6) is 0.856. The van der Waals surface area contributed by atoms with E-state index in [1.165, 1.54) is 6.07 Å². The van der Waals surface area contributed by atoms with Crippen LogP contribution in [-0.2, 0) is 0 Å². The molecule has 0 spiro atoms. The van der Waals surface area contributed by atoms with Crippen LogP contribution in [0.1, 0.15) is 25.5 Å². The standard InChI is InChI=1S/C11H14FNS/c1-7(2)13-10-6-14-11-8(10)4-3-5-9(11)12/h3-5,7,10,13H,6H2,1-2H3. The summed E-state index contributed by atoms with van der Waals surface area (Å²) in [7, 11) is 0. The van der Waals surface area contributed by atoms with Crippen molar-refractivity contribution < 1.29 is 4.39 Å². The number of thioether (sulfide) groups is 1. The normalized spacial score (nSPS) is 20.1. The molecule has 0 radical (unpaired) electrons. The van der Waals surface area contributed by atoms with Gasteiger partial charge in [0.1, 0.15) is 5.82 Å². The molecule has 1 atom stereocenters. The molecule has 0 saturated heterocycles. The summed E-state index contributed by atoms with van der Waals surface area (Å²) in [6, 6.07) is 6.08. The van der Waals surface area contributed by atoms with Crippen molar-refractivity contribution in [1.82, 2.24) is 5.32 Å². The molecule has 3 heteroatoms. The quantitative estimate of drug-likeness (QED) is 0.807. The molecule has 0 amide bonds. The van der Waals surface area contributed by atoms with Gasteiger partial charge in [-0.25, -0.2) is 4.39 Å². The van der Waals surface area contributed by atoms with Gasteiger partial charge in [-0.05, 0) is 11.6 Å². The van der Waals surface area contributed by atoms with E-state index in [1.807, 2.05) is 6.07 Å². The van der Waals surface area contributed by atoms with Crippen LogP contribution in [0.3, 0.4) is 0 Å². The van der Waals surface area contributed by atoms with Crippen LogP contribution < -0.4 is 5.32 Å². The van der Waals surface area contributed by atoms with Crippen LogP contribution in [0.4, 0.5) is 4.39 Å². The third kappa shape index (κ3) is 1.79. The fourth-order valence-corrected chi connectivity index (χ4v) is 2.94. The minimum Gasteiger partial charge on any atom is -0.307 e. The van der Waals surface area contributed by atoms with Crippen LogP contribution in [0, 0.1) is 5.82 Å². The van der Waals surface area contributed by atoms with Gasteiger partial charge in [-0.2, -0.15) is 0 Å². The van der Waals surface area contributed by atoms with Gasteiger partial charge in [0, 0.05) is 22.7 Å². The van der Waals surface area contributed by atoms with Gasteiger partial charge in [-0.1, -0.05) is 26.0 Å². The second-order valence-corrected chi connectivity index (χ2v) is 4.87. The molecule has 1 heterocycles. The average molecular weight is 211 g/mol. The van der Waals surface area contributed by atoms with Crippen LogP contribution in [0.5, 0.6) is 0 Å². The van der Waals surface area contributed by atoms with Crippen molar-refractivity contribution in [3.05, 3.63) is 29.6 Å². The summed E-state index contributed by atoms with van der Waals surface area (Å²) >= 11 is 1.61. The molecule has 1 N–H and O–H groups in total. The Balaban J connectivity index is 2.26. The van der Waals surface area contributed by atoms with E-state index in [0.29, 0.717) is 12.1 Å². The molecule has 76 valence electrons. The lowest BCUT2D eigenvalue weighted by atomic mass is 10.1. The van der Waals surface area contributed by atoms with E-state index in [2.05, 4.69) is 19.2 Å². The topological polar surface area (TPSA) is 12.0 Å². The minimum absolute atomic E-state index is 0.0828. The molecule has 1 aliphatic rings. The summed E-state index contributed by atoms with van der Waals surface area (Å²) in [5.41, 5.74) is 1.11. The summed E-state index contributed by atoms with van der Waals surface area (Å²) < 4.78 is 13.4. The highest BCUT2D eigenvalue weighted by Crippen LogP contribution is 2.39. The number of hydrogen-bond donors (Lipinski definition) is 1. The molecule has 0 saturated carbocycles. The number of nitrogens with one attached hydrogen (secondary N) is 1. The fraction of sp³-hybridized carbons (Fsp3) is 0.455. The third-order valence-electron chi connectivity index (χ3n) is 2.30. The van der Waals surface area contributed by atoms with Crippen molar-refractivity contribution in [2.75, 3.05) is 5.75 Å². The molecule has 1 aliphatic heterocycles.